The number of fused-ring (bicyclic) bond motifs is 2. The van der Waals surface area contributed by atoms with Gasteiger partial charge < -0.3 is 59.4 Å². The fraction of sp³-hybridized carbons (Fsp3) is 0.373. The predicted molar refractivity (Wildman–Crippen MR) is 321 cm³/mol. The molecule has 434 valence electrons. The van der Waals surface area contributed by atoms with E-state index >= 15 is 0 Å². The lowest BCUT2D eigenvalue weighted by Gasteiger charge is -2.33. The first-order valence-corrected chi connectivity index (χ1v) is 29.9. The Bertz CT molecular complexity index is 3220. The summed E-state index contributed by atoms with van der Waals surface area (Å²) in [7, 11) is 2.14. The molecule has 8 atom stereocenters. The number of H-pyrrole nitrogens is 1. The first-order valence-electron chi connectivity index (χ1n) is 27.0. The topological polar surface area (TPSA) is 328 Å². The molecule has 7 rings (SSSR count). The smallest absolute Gasteiger partial charge is 0.244 e. The zero-order chi connectivity index (χ0) is 58.9. The minimum Gasteiger partial charge on any atom is -0.368 e. The lowest BCUT2D eigenvalue weighted by Crippen LogP contribution is -2.63. The van der Waals surface area contributed by atoms with Crippen molar-refractivity contribution in [2.75, 3.05) is 18.1 Å². The van der Waals surface area contributed by atoms with Gasteiger partial charge in [-0.15, -0.1) is 0 Å². The van der Waals surface area contributed by atoms with Crippen LogP contribution in [0.3, 0.4) is 0 Å². The van der Waals surface area contributed by atoms with Crippen LogP contribution in [0.5, 0.6) is 0 Å². The molecule has 2 aromatic heterocycles. The number of nitrogens with one attached hydrogen (secondary N) is 8. The number of unbranched alkanes of at least 4 members (excludes halogenated alkanes) is 1. The van der Waals surface area contributed by atoms with Gasteiger partial charge in [-0.25, -0.2) is 0 Å². The van der Waals surface area contributed by atoms with Gasteiger partial charge in [0.05, 0.1) is 6.04 Å². The van der Waals surface area contributed by atoms with Crippen LogP contribution in [0.25, 0.3) is 21.7 Å². The summed E-state index contributed by atoms with van der Waals surface area (Å²) in [6.07, 6.45) is 5.70. The Morgan fingerprint density at radius 1 is 0.707 bits per heavy atom. The summed E-state index contributed by atoms with van der Waals surface area (Å²) < 4.78 is 0. The van der Waals surface area contributed by atoms with Crippen LogP contribution in [0.15, 0.2) is 122 Å². The van der Waals surface area contributed by atoms with Gasteiger partial charge in [0.2, 0.25) is 47.3 Å². The van der Waals surface area contributed by atoms with Crippen LogP contribution in [0.1, 0.15) is 62.3 Å². The Hall–Kier alpha value is -7.50. The number of pyridine rings is 1. The standard InChI is InChI=1S/C59H71ClN12O8S2/c1-59(2,3)50-58(80)71-49(56(78)67-45(51(63)73)27-35-17-20-37-12-4-5-13-38(37)25-35)33-82-81-32-48(70-52(74)42(62)26-34-18-21-40(60)22-19-34)57(79)68-46(28-36-11-10-24-64-30-36)54(76)69-47(29-39-31-65-43-15-7-6-14-41(39)43)55(77)66-44(53(75)72-50)16-8-9-23-61/h4-7,10-15,17-22,24-25,30-31,42,44-50,65H,8-9,16,23,26-29,32-33,61-62H2,1-3H3,(H2,63,73)(H,66,77)(H,67,78)(H,68,79)(H,69,76)(H,70,74)(H,71,80)(H,72,75)/t42-,44-,45-,46-,47+,48+,49-,50+/m0/s1. The number of rotatable bonds is 17. The second kappa shape index (κ2) is 29.5. The van der Waals surface area contributed by atoms with Crippen molar-refractivity contribution in [3.05, 3.63) is 149 Å². The maximum atomic E-state index is 14.9. The third kappa shape index (κ3) is 17.8. The number of hydrogen-bond acceptors (Lipinski definition) is 13. The van der Waals surface area contributed by atoms with Gasteiger partial charge in [-0.2, -0.15) is 0 Å². The maximum Gasteiger partial charge on any atom is 0.244 e. The van der Waals surface area contributed by atoms with E-state index in [0.717, 1.165) is 43.3 Å². The highest BCUT2D eigenvalue weighted by Crippen LogP contribution is 2.26. The molecule has 23 heteroatoms. The van der Waals surface area contributed by atoms with E-state index in [4.69, 9.17) is 28.8 Å². The molecule has 0 bridgehead atoms. The molecule has 8 amide bonds. The molecule has 0 unspecified atom stereocenters. The number of hydrogen-bond donors (Lipinski definition) is 11. The maximum absolute atomic E-state index is 14.9. The van der Waals surface area contributed by atoms with Gasteiger partial charge >= 0.3 is 0 Å². The minimum atomic E-state index is -1.39. The number of nitrogens with zero attached hydrogens (tertiary/aromatic N) is 1. The monoisotopic (exact) mass is 1170 g/mol. The van der Waals surface area contributed by atoms with E-state index in [-0.39, 0.29) is 50.2 Å². The molecule has 1 aliphatic heterocycles. The fourth-order valence-corrected chi connectivity index (χ4v) is 11.8. The molecule has 20 nitrogen and oxygen atoms in total. The van der Waals surface area contributed by atoms with Crippen LogP contribution in [0, 0.1) is 5.41 Å². The molecule has 1 aliphatic rings. The van der Waals surface area contributed by atoms with Crippen molar-refractivity contribution >= 4 is 102 Å². The zero-order valence-corrected chi connectivity index (χ0v) is 48.3. The van der Waals surface area contributed by atoms with Crippen LogP contribution < -0.4 is 54.4 Å². The molecule has 0 radical (unpaired) electrons. The number of halogens is 1. The molecule has 0 aliphatic carbocycles. The molecule has 4 aromatic carbocycles. The van der Waals surface area contributed by atoms with Crippen LogP contribution in [0.4, 0.5) is 0 Å². The molecule has 6 aromatic rings. The molecule has 3 heterocycles. The normalized spacial score (nSPS) is 20.7. The van der Waals surface area contributed by atoms with Gasteiger partial charge in [0.1, 0.15) is 42.3 Å². The predicted octanol–water partition coefficient (Wildman–Crippen LogP) is 3.42. The van der Waals surface area contributed by atoms with Gasteiger partial charge in [-0.05, 0) is 94.9 Å². The average Bonchev–Trinajstić information content (AvgIpc) is 3.90. The van der Waals surface area contributed by atoms with Gasteiger partial charge in [0.25, 0.3) is 0 Å². The van der Waals surface area contributed by atoms with Crippen molar-refractivity contribution in [3.63, 3.8) is 0 Å². The van der Waals surface area contributed by atoms with Crippen LogP contribution in [0.2, 0.25) is 5.02 Å². The van der Waals surface area contributed by atoms with E-state index in [2.05, 4.69) is 47.2 Å². The molecule has 1 saturated heterocycles. The second-order valence-electron chi connectivity index (χ2n) is 21.4. The number of aromatic nitrogens is 2. The van der Waals surface area contributed by atoms with Crippen molar-refractivity contribution < 1.29 is 38.4 Å². The summed E-state index contributed by atoms with van der Waals surface area (Å²) in [5, 5.41) is 22.9. The van der Waals surface area contributed by atoms with Gasteiger partial charge in [0.15, 0.2) is 0 Å². The SMILES string of the molecule is CC(C)(C)[C@@H]1NC(=O)[C@H](CCCCN)NC(=O)[C@@H](Cc2c[nH]c3ccccc23)NC(=O)[C@H](Cc2cccnc2)NC(=O)[C@H](NC(=O)[C@@H](N)Cc2ccc(Cl)cc2)CSSC[C@@H](C(=O)N[C@@H](Cc2ccc3ccccc3c2)C(N)=O)NC1=O. The zero-order valence-electron chi connectivity index (χ0n) is 45.9. The summed E-state index contributed by atoms with van der Waals surface area (Å²) in [6.45, 7) is 5.46. The third-order valence-electron chi connectivity index (χ3n) is 14.0. The summed E-state index contributed by atoms with van der Waals surface area (Å²) in [4.78, 5) is 123. The number of para-hydroxylation sites is 1. The van der Waals surface area contributed by atoms with E-state index in [0.29, 0.717) is 40.1 Å². The van der Waals surface area contributed by atoms with E-state index in [1.54, 1.807) is 69.6 Å². The molecule has 0 saturated carbocycles. The number of nitrogens with two attached hydrogens (primary N) is 3. The Balaban J connectivity index is 1.26. The largest absolute Gasteiger partial charge is 0.368 e. The highest BCUT2D eigenvalue weighted by molar-refractivity contribution is 8.76. The van der Waals surface area contributed by atoms with Crippen molar-refractivity contribution in [1.82, 2.24) is 47.2 Å². The summed E-state index contributed by atoms with van der Waals surface area (Å²) >= 11 is 6.12. The molecular formula is C59H71ClN12O8S2. The molecule has 14 N–H and O–H groups in total. The van der Waals surface area contributed by atoms with Crippen molar-refractivity contribution in [2.24, 2.45) is 22.6 Å². The lowest BCUT2D eigenvalue weighted by molar-refractivity contribution is -0.136. The molecule has 1 fully saturated rings. The summed E-state index contributed by atoms with van der Waals surface area (Å²) in [5.41, 5.74) is 20.7. The highest BCUT2D eigenvalue weighted by Gasteiger charge is 2.39. The van der Waals surface area contributed by atoms with Gasteiger partial charge in [-0.3, -0.25) is 43.3 Å². The first kappa shape index (κ1) is 62.1. The van der Waals surface area contributed by atoms with Crippen molar-refractivity contribution in [2.45, 2.75) is 114 Å². The van der Waals surface area contributed by atoms with Crippen molar-refractivity contribution in [1.29, 1.82) is 0 Å². The van der Waals surface area contributed by atoms with E-state index in [1.807, 2.05) is 66.7 Å². The number of carbonyl (C=O) groups is 8. The number of amides is 8. The number of benzene rings is 4. The summed E-state index contributed by atoms with van der Waals surface area (Å²) in [5.74, 6) is -6.42. The molecule has 0 spiro atoms. The Labute approximate surface area is 488 Å². The van der Waals surface area contributed by atoms with Crippen molar-refractivity contribution in [3.8, 4) is 0 Å². The van der Waals surface area contributed by atoms with Gasteiger partial charge in [0, 0.05) is 65.3 Å². The molecule has 82 heavy (non-hydrogen) atoms. The van der Waals surface area contributed by atoms with Crippen LogP contribution in [-0.2, 0) is 64.0 Å². The van der Waals surface area contributed by atoms with E-state index in [9.17, 15) is 38.4 Å². The minimum absolute atomic E-state index is 0.0193. The second-order valence-corrected chi connectivity index (χ2v) is 24.4. The summed E-state index contributed by atoms with van der Waals surface area (Å²) in [6, 6.07) is 20.4. The number of primary amides is 1. The third-order valence-corrected chi connectivity index (χ3v) is 16.6. The van der Waals surface area contributed by atoms with Crippen LogP contribution in [-0.4, -0.2) is 124 Å². The average molecular weight is 1180 g/mol. The Morgan fingerprint density at radius 2 is 1.37 bits per heavy atom. The van der Waals surface area contributed by atoms with Gasteiger partial charge in [-0.1, -0.05) is 133 Å². The Kier molecular flexibility index (Phi) is 22.3. The van der Waals surface area contributed by atoms with E-state index < -0.39 is 101 Å². The Morgan fingerprint density at radius 3 is 2.07 bits per heavy atom. The lowest BCUT2D eigenvalue weighted by atomic mass is 9.85. The fourth-order valence-electron chi connectivity index (χ4n) is 9.39. The number of carbonyl (C=O) groups excluding carboxylic acids is 8. The van der Waals surface area contributed by atoms with E-state index in [1.165, 1.54) is 6.20 Å². The quantitative estimate of drug-likeness (QED) is 0.0462. The first-order chi connectivity index (χ1) is 39.3. The molecular weight excluding hydrogens is 1100 g/mol. The highest BCUT2D eigenvalue weighted by atomic mass is 35.5. The number of aromatic amines is 1. The van der Waals surface area contributed by atoms with Crippen LogP contribution >= 0.6 is 33.2 Å².